The third kappa shape index (κ3) is 4.39. The SMILES string of the molecule is N#CC1=CC=C(C(=O)COc2c(O)cc(C(=O)c3ccc(O)c(O)c3O)cc2O)CC=C1. The first kappa shape index (κ1) is 22.0. The number of aromatic hydroxyl groups is 5. The highest BCUT2D eigenvalue weighted by atomic mass is 16.5. The van der Waals surface area contributed by atoms with Gasteiger partial charge in [0.2, 0.25) is 11.5 Å². The standard InChI is InChI=1S/C23H17NO8/c24-10-12-2-1-3-13(5-4-12)19(28)11-32-23-17(26)8-14(9-18(23)27)20(29)15-6-7-16(25)22(31)21(15)30/h1-2,4-9,25-27,30-31H,3,11H2. The van der Waals surface area contributed by atoms with Crippen LogP contribution in [0.5, 0.6) is 34.5 Å². The second-order valence-corrected chi connectivity index (χ2v) is 6.75. The zero-order chi connectivity index (χ0) is 23.4. The van der Waals surface area contributed by atoms with Gasteiger partial charge in [-0.25, -0.2) is 0 Å². The lowest BCUT2D eigenvalue weighted by Crippen LogP contribution is -2.14. The van der Waals surface area contributed by atoms with Crippen LogP contribution >= 0.6 is 0 Å². The molecule has 0 fully saturated rings. The van der Waals surface area contributed by atoms with E-state index in [1.54, 1.807) is 12.2 Å². The number of ketones is 2. The Morgan fingerprint density at radius 1 is 0.969 bits per heavy atom. The van der Waals surface area contributed by atoms with Crippen LogP contribution < -0.4 is 4.74 Å². The second kappa shape index (κ2) is 8.97. The maximum atomic E-state index is 12.6. The Hall–Kier alpha value is -4.71. The summed E-state index contributed by atoms with van der Waals surface area (Å²) in [6, 6.07) is 5.94. The third-order valence-electron chi connectivity index (χ3n) is 4.62. The van der Waals surface area contributed by atoms with Crippen molar-refractivity contribution in [3.05, 3.63) is 70.8 Å². The second-order valence-electron chi connectivity index (χ2n) is 6.75. The summed E-state index contributed by atoms with van der Waals surface area (Å²) in [6.45, 7) is -0.517. The van der Waals surface area contributed by atoms with Gasteiger partial charge in [0, 0.05) is 11.1 Å². The van der Waals surface area contributed by atoms with Gasteiger partial charge in [-0.05, 0) is 42.8 Å². The number of carbonyl (C=O) groups is 2. The van der Waals surface area contributed by atoms with E-state index in [0.29, 0.717) is 11.1 Å². The van der Waals surface area contributed by atoms with Crippen molar-refractivity contribution < 1.29 is 39.9 Å². The Balaban J connectivity index is 1.79. The van der Waals surface area contributed by atoms with Crippen molar-refractivity contribution in [2.24, 2.45) is 0 Å². The van der Waals surface area contributed by atoms with Crippen molar-refractivity contribution in [1.29, 1.82) is 5.26 Å². The molecule has 5 N–H and O–H groups in total. The van der Waals surface area contributed by atoms with Gasteiger partial charge in [0.25, 0.3) is 0 Å². The van der Waals surface area contributed by atoms with Crippen LogP contribution in [0.15, 0.2) is 59.7 Å². The normalized spacial score (nSPS) is 12.8. The van der Waals surface area contributed by atoms with Crippen LogP contribution in [0.1, 0.15) is 22.3 Å². The summed E-state index contributed by atoms with van der Waals surface area (Å²) in [6.07, 6.45) is 6.49. The molecule has 0 bridgehead atoms. The molecule has 0 aromatic heterocycles. The predicted molar refractivity (Wildman–Crippen MR) is 111 cm³/mol. The minimum absolute atomic E-state index is 0.246. The molecule has 0 unspecified atom stereocenters. The van der Waals surface area contributed by atoms with E-state index in [2.05, 4.69) is 0 Å². The fourth-order valence-electron chi connectivity index (χ4n) is 2.92. The summed E-state index contributed by atoms with van der Waals surface area (Å²) in [5.41, 5.74) is 0.128. The lowest BCUT2D eigenvalue weighted by molar-refractivity contribution is -0.117. The predicted octanol–water partition coefficient (Wildman–Crippen LogP) is 2.73. The Morgan fingerprint density at radius 2 is 1.66 bits per heavy atom. The number of hydrogen-bond donors (Lipinski definition) is 5. The Kier molecular flexibility index (Phi) is 6.16. The highest BCUT2D eigenvalue weighted by Gasteiger charge is 2.22. The van der Waals surface area contributed by atoms with Gasteiger partial charge in [-0.1, -0.05) is 12.2 Å². The number of ether oxygens (including phenoxy) is 1. The molecule has 9 nitrogen and oxygen atoms in total. The van der Waals surface area contributed by atoms with Crippen LogP contribution in [-0.4, -0.2) is 43.7 Å². The third-order valence-corrected chi connectivity index (χ3v) is 4.62. The lowest BCUT2D eigenvalue weighted by atomic mass is 10.0. The highest BCUT2D eigenvalue weighted by molar-refractivity contribution is 6.11. The number of rotatable bonds is 6. The molecule has 3 rings (SSSR count). The average molecular weight is 435 g/mol. The van der Waals surface area contributed by atoms with Gasteiger partial charge in [0.1, 0.15) is 0 Å². The van der Waals surface area contributed by atoms with E-state index in [-0.39, 0.29) is 17.5 Å². The first-order valence-corrected chi connectivity index (χ1v) is 9.21. The van der Waals surface area contributed by atoms with Crippen molar-refractivity contribution in [3.63, 3.8) is 0 Å². The molecule has 162 valence electrons. The molecule has 0 saturated heterocycles. The van der Waals surface area contributed by atoms with Crippen molar-refractivity contribution in [2.75, 3.05) is 6.61 Å². The van der Waals surface area contributed by atoms with Crippen LogP contribution in [0.2, 0.25) is 0 Å². The van der Waals surface area contributed by atoms with Crippen LogP contribution in [0.25, 0.3) is 0 Å². The molecule has 0 heterocycles. The largest absolute Gasteiger partial charge is 0.504 e. The van der Waals surface area contributed by atoms with Crippen molar-refractivity contribution in [1.82, 2.24) is 0 Å². The molecule has 9 heteroatoms. The van der Waals surface area contributed by atoms with Gasteiger partial charge < -0.3 is 30.3 Å². The summed E-state index contributed by atoms with van der Waals surface area (Å²) in [4.78, 5) is 25.0. The number of carbonyl (C=O) groups excluding carboxylic acids is 2. The summed E-state index contributed by atoms with van der Waals surface area (Å²) >= 11 is 0. The van der Waals surface area contributed by atoms with E-state index in [1.807, 2.05) is 6.07 Å². The van der Waals surface area contributed by atoms with Crippen LogP contribution in [0.4, 0.5) is 0 Å². The molecule has 0 aliphatic heterocycles. The number of phenolic OH excluding ortho intramolecular Hbond substituents is 5. The molecule has 0 spiro atoms. The quantitative estimate of drug-likeness (QED) is 0.338. The van der Waals surface area contributed by atoms with Crippen molar-refractivity contribution in [2.45, 2.75) is 6.42 Å². The summed E-state index contributed by atoms with van der Waals surface area (Å²) in [5, 5.41) is 58.1. The van der Waals surface area contributed by atoms with Gasteiger partial charge in [0.05, 0.1) is 17.2 Å². The molecular formula is C23H17NO8. The smallest absolute Gasteiger partial charge is 0.203 e. The van der Waals surface area contributed by atoms with Crippen LogP contribution in [0, 0.1) is 11.3 Å². The summed E-state index contributed by atoms with van der Waals surface area (Å²) in [7, 11) is 0. The van der Waals surface area contributed by atoms with E-state index >= 15 is 0 Å². The highest BCUT2D eigenvalue weighted by Crippen LogP contribution is 2.41. The zero-order valence-electron chi connectivity index (χ0n) is 16.4. The number of hydrogen-bond acceptors (Lipinski definition) is 9. The van der Waals surface area contributed by atoms with Crippen LogP contribution in [0.3, 0.4) is 0 Å². The van der Waals surface area contributed by atoms with Crippen molar-refractivity contribution in [3.8, 4) is 40.6 Å². The van der Waals surface area contributed by atoms with E-state index < -0.39 is 52.7 Å². The minimum atomic E-state index is -0.887. The number of phenols is 5. The molecule has 32 heavy (non-hydrogen) atoms. The maximum absolute atomic E-state index is 12.6. The first-order chi connectivity index (χ1) is 15.2. The summed E-state index contributed by atoms with van der Waals surface area (Å²) < 4.78 is 5.24. The summed E-state index contributed by atoms with van der Waals surface area (Å²) in [5.74, 6) is -5.37. The van der Waals surface area contributed by atoms with Gasteiger partial charge in [-0.3, -0.25) is 9.59 Å². The van der Waals surface area contributed by atoms with E-state index in [9.17, 15) is 35.1 Å². The Bertz CT molecular complexity index is 1220. The number of nitrogens with zero attached hydrogens (tertiary/aromatic N) is 1. The number of benzene rings is 2. The topological polar surface area (TPSA) is 168 Å². The molecule has 0 amide bonds. The lowest BCUT2D eigenvalue weighted by Gasteiger charge is -2.12. The average Bonchev–Trinajstić information content (AvgIpc) is 3.02. The van der Waals surface area contributed by atoms with Gasteiger partial charge in [-0.2, -0.15) is 5.26 Å². The molecular weight excluding hydrogens is 418 g/mol. The Morgan fingerprint density at radius 3 is 2.31 bits per heavy atom. The zero-order valence-corrected chi connectivity index (χ0v) is 16.4. The van der Waals surface area contributed by atoms with Gasteiger partial charge >= 0.3 is 0 Å². The molecule has 2 aromatic carbocycles. The fourth-order valence-corrected chi connectivity index (χ4v) is 2.92. The first-order valence-electron chi connectivity index (χ1n) is 9.21. The van der Waals surface area contributed by atoms with Crippen LogP contribution in [-0.2, 0) is 4.79 Å². The molecule has 0 atom stereocenters. The monoisotopic (exact) mass is 435 g/mol. The molecule has 1 aliphatic rings. The molecule has 0 saturated carbocycles. The van der Waals surface area contributed by atoms with E-state index in [1.165, 1.54) is 12.2 Å². The molecule has 0 radical (unpaired) electrons. The van der Waals surface area contributed by atoms with Crippen molar-refractivity contribution >= 4 is 11.6 Å². The molecule has 1 aliphatic carbocycles. The minimum Gasteiger partial charge on any atom is -0.504 e. The number of nitriles is 1. The number of Topliss-reactive ketones (excluding diaryl/α,β-unsaturated/α-hetero) is 1. The Labute approximate surface area is 181 Å². The van der Waals surface area contributed by atoms with E-state index in [0.717, 1.165) is 24.3 Å². The number of allylic oxidation sites excluding steroid dienone is 5. The molecule has 2 aromatic rings. The fraction of sp³-hybridized carbons (Fsp3) is 0.0870. The van der Waals surface area contributed by atoms with Gasteiger partial charge in [-0.15, -0.1) is 0 Å². The van der Waals surface area contributed by atoms with Gasteiger partial charge in [0.15, 0.2) is 41.2 Å². The van der Waals surface area contributed by atoms with E-state index in [4.69, 9.17) is 10.00 Å². The maximum Gasteiger partial charge on any atom is 0.203 e.